The van der Waals surface area contributed by atoms with E-state index in [0.717, 1.165) is 18.0 Å². The van der Waals surface area contributed by atoms with Crippen molar-refractivity contribution in [3.8, 4) is 5.75 Å². The largest absolute Gasteiger partial charge is 0.496 e. The van der Waals surface area contributed by atoms with Gasteiger partial charge in [-0.1, -0.05) is 29.8 Å². The van der Waals surface area contributed by atoms with Gasteiger partial charge in [-0.2, -0.15) is 0 Å². The molecule has 0 amide bonds. The van der Waals surface area contributed by atoms with Gasteiger partial charge in [0.1, 0.15) is 5.75 Å². The van der Waals surface area contributed by atoms with E-state index in [4.69, 9.17) is 4.74 Å². The molecule has 0 radical (unpaired) electrons. The van der Waals surface area contributed by atoms with Crippen molar-refractivity contribution in [2.75, 3.05) is 12.4 Å². The van der Waals surface area contributed by atoms with Gasteiger partial charge < -0.3 is 10.1 Å². The molecule has 0 spiro atoms. The van der Waals surface area contributed by atoms with Crippen LogP contribution in [0.2, 0.25) is 0 Å². The third kappa shape index (κ3) is 3.04. The normalized spacial score (nSPS) is 10.2. The Bertz CT molecular complexity index is 517. The molecule has 0 heterocycles. The Kier molecular flexibility index (Phi) is 3.88. The van der Waals surface area contributed by atoms with Gasteiger partial charge in [-0.3, -0.25) is 0 Å². The Labute approximate surface area is 109 Å². The number of anilines is 1. The summed E-state index contributed by atoms with van der Waals surface area (Å²) in [6.45, 7) is 4.98. The van der Waals surface area contributed by atoms with E-state index >= 15 is 0 Å². The predicted octanol–water partition coefficient (Wildman–Crippen LogP) is 3.92. The van der Waals surface area contributed by atoms with Crippen molar-refractivity contribution < 1.29 is 4.74 Å². The van der Waals surface area contributed by atoms with E-state index < -0.39 is 0 Å². The highest BCUT2D eigenvalue weighted by molar-refractivity contribution is 5.45. The maximum atomic E-state index is 5.26. The zero-order chi connectivity index (χ0) is 13.0. The van der Waals surface area contributed by atoms with Gasteiger partial charge in [0.05, 0.1) is 7.11 Å². The zero-order valence-corrected chi connectivity index (χ0v) is 11.2. The second-order valence-electron chi connectivity index (χ2n) is 4.52. The van der Waals surface area contributed by atoms with Gasteiger partial charge in [0, 0.05) is 12.2 Å². The third-order valence-corrected chi connectivity index (χ3v) is 3.01. The summed E-state index contributed by atoms with van der Waals surface area (Å²) in [6.07, 6.45) is 0. The number of ether oxygens (including phenoxy) is 1. The maximum absolute atomic E-state index is 5.26. The van der Waals surface area contributed by atoms with Gasteiger partial charge in [-0.25, -0.2) is 0 Å². The highest BCUT2D eigenvalue weighted by Gasteiger charge is 2.00. The van der Waals surface area contributed by atoms with Crippen LogP contribution in [0.1, 0.15) is 16.7 Å². The van der Waals surface area contributed by atoms with Gasteiger partial charge in [-0.05, 0) is 43.2 Å². The molecule has 94 valence electrons. The number of methoxy groups -OCH3 is 1. The summed E-state index contributed by atoms with van der Waals surface area (Å²) in [6, 6.07) is 14.7. The summed E-state index contributed by atoms with van der Waals surface area (Å²) in [7, 11) is 1.70. The van der Waals surface area contributed by atoms with E-state index in [9.17, 15) is 0 Å². The first-order valence-electron chi connectivity index (χ1n) is 6.13. The van der Waals surface area contributed by atoms with Gasteiger partial charge >= 0.3 is 0 Å². The van der Waals surface area contributed by atoms with Crippen LogP contribution in [0, 0.1) is 13.8 Å². The van der Waals surface area contributed by atoms with Crippen LogP contribution in [0.4, 0.5) is 5.69 Å². The molecular weight excluding hydrogens is 222 g/mol. The summed E-state index contributed by atoms with van der Waals surface area (Å²) < 4.78 is 5.26. The smallest absolute Gasteiger partial charge is 0.121 e. The average Bonchev–Trinajstić information content (AvgIpc) is 2.38. The predicted molar refractivity (Wildman–Crippen MR) is 76.2 cm³/mol. The van der Waals surface area contributed by atoms with E-state index in [0.29, 0.717) is 0 Å². The molecule has 0 saturated heterocycles. The second kappa shape index (κ2) is 5.58. The minimum atomic E-state index is 0.827. The molecule has 0 aliphatic heterocycles. The van der Waals surface area contributed by atoms with Crippen LogP contribution < -0.4 is 10.1 Å². The number of hydrogen-bond acceptors (Lipinski definition) is 2. The van der Waals surface area contributed by atoms with Gasteiger partial charge in [0.2, 0.25) is 0 Å². The number of rotatable bonds is 4. The Morgan fingerprint density at radius 3 is 2.33 bits per heavy atom. The molecule has 0 atom stereocenters. The number of aryl methyl sites for hydroxylation is 2. The van der Waals surface area contributed by atoms with Crippen LogP contribution in [0.15, 0.2) is 42.5 Å². The molecule has 0 saturated carbocycles. The van der Waals surface area contributed by atoms with Crippen LogP contribution in [0.5, 0.6) is 5.75 Å². The molecule has 0 aliphatic carbocycles. The minimum Gasteiger partial charge on any atom is -0.496 e. The lowest BCUT2D eigenvalue weighted by molar-refractivity contribution is 0.411. The fraction of sp³-hybridized carbons (Fsp3) is 0.250. The van der Waals surface area contributed by atoms with Crippen LogP contribution in [0.25, 0.3) is 0 Å². The maximum Gasteiger partial charge on any atom is 0.121 e. The number of hydrogen-bond donors (Lipinski definition) is 1. The first kappa shape index (κ1) is 12.5. The van der Waals surface area contributed by atoms with Crippen molar-refractivity contribution in [3.63, 3.8) is 0 Å². The van der Waals surface area contributed by atoms with Gasteiger partial charge in [0.15, 0.2) is 0 Å². The Balaban J connectivity index is 2.02. The average molecular weight is 241 g/mol. The molecule has 1 N–H and O–H groups in total. The Morgan fingerprint density at radius 1 is 1.00 bits per heavy atom. The fourth-order valence-corrected chi connectivity index (χ4v) is 1.93. The van der Waals surface area contributed by atoms with Crippen molar-refractivity contribution in [1.29, 1.82) is 0 Å². The second-order valence-corrected chi connectivity index (χ2v) is 4.52. The molecule has 0 fully saturated rings. The first-order chi connectivity index (χ1) is 8.69. The van der Waals surface area contributed by atoms with Crippen LogP contribution in [0.3, 0.4) is 0 Å². The molecular formula is C16H19NO. The molecule has 2 aromatic rings. The molecule has 2 heteroatoms. The van der Waals surface area contributed by atoms with E-state index in [1.165, 1.54) is 16.7 Å². The van der Waals surface area contributed by atoms with E-state index in [2.05, 4.69) is 55.6 Å². The summed E-state index contributed by atoms with van der Waals surface area (Å²) in [5, 5.41) is 3.41. The molecule has 0 bridgehead atoms. The molecule has 2 rings (SSSR count). The quantitative estimate of drug-likeness (QED) is 0.875. The SMILES string of the molecule is COc1ccc(CNc2ccc(C)cc2)cc1C. The lowest BCUT2D eigenvalue weighted by Gasteiger charge is -2.09. The molecule has 18 heavy (non-hydrogen) atoms. The van der Waals surface area contributed by atoms with Crippen molar-refractivity contribution in [2.24, 2.45) is 0 Å². The van der Waals surface area contributed by atoms with Gasteiger partial charge in [0.25, 0.3) is 0 Å². The van der Waals surface area contributed by atoms with Crippen molar-refractivity contribution in [3.05, 3.63) is 59.2 Å². The third-order valence-electron chi connectivity index (χ3n) is 3.01. The van der Waals surface area contributed by atoms with Gasteiger partial charge in [-0.15, -0.1) is 0 Å². The minimum absolute atomic E-state index is 0.827. The monoisotopic (exact) mass is 241 g/mol. The summed E-state index contributed by atoms with van der Waals surface area (Å²) in [4.78, 5) is 0. The molecule has 2 aromatic carbocycles. The summed E-state index contributed by atoms with van der Waals surface area (Å²) in [5.41, 5.74) is 4.85. The molecule has 0 aromatic heterocycles. The lowest BCUT2D eigenvalue weighted by Crippen LogP contribution is -2.00. The zero-order valence-electron chi connectivity index (χ0n) is 11.2. The topological polar surface area (TPSA) is 21.3 Å². The number of nitrogens with one attached hydrogen (secondary N) is 1. The van der Waals surface area contributed by atoms with Crippen LogP contribution in [-0.4, -0.2) is 7.11 Å². The summed E-state index contributed by atoms with van der Waals surface area (Å²) >= 11 is 0. The highest BCUT2D eigenvalue weighted by Crippen LogP contribution is 2.19. The van der Waals surface area contributed by atoms with E-state index in [1.807, 2.05) is 6.07 Å². The lowest BCUT2D eigenvalue weighted by atomic mass is 10.1. The van der Waals surface area contributed by atoms with Crippen molar-refractivity contribution >= 4 is 5.69 Å². The standard InChI is InChI=1S/C16H19NO/c1-12-4-7-15(8-5-12)17-11-14-6-9-16(18-3)13(2)10-14/h4-10,17H,11H2,1-3H3. The Hall–Kier alpha value is -1.96. The highest BCUT2D eigenvalue weighted by atomic mass is 16.5. The first-order valence-corrected chi connectivity index (χ1v) is 6.13. The van der Waals surface area contributed by atoms with Crippen molar-refractivity contribution in [1.82, 2.24) is 0 Å². The fourth-order valence-electron chi connectivity index (χ4n) is 1.93. The van der Waals surface area contributed by atoms with E-state index in [1.54, 1.807) is 7.11 Å². The number of benzene rings is 2. The molecule has 0 aliphatic rings. The molecule has 2 nitrogen and oxygen atoms in total. The van der Waals surface area contributed by atoms with Crippen LogP contribution in [-0.2, 0) is 6.54 Å². The van der Waals surface area contributed by atoms with Crippen LogP contribution >= 0.6 is 0 Å². The van der Waals surface area contributed by atoms with Crippen molar-refractivity contribution in [2.45, 2.75) is 20.4 Å². The summed E-state index contributed by atoms with van der Waals surface area (Å²) in [5.74, 6) is 0.939. The molecule has 0 unspecified atom stereocenters. The Morgan fingerprint density at radius 2 is 1.72 bits per heavy atom. The van der Waals surface area contributed by atoms with E-state index in [-0.39, 0.29) is 0 Å².